The van der Waals surface area contributed by atoms with E-state index in [1.54, 1.807) is 28.0 Å². The fourth-order valence-electron chi connectivity index (χ4n) is 2.60. The molecule has 2 heterocycles. The molecule has 0 aromatic carbocycles. The Morgan fingerprint density at radius 2 is 2.23 bits per heavy atom. The highest BCUT2D eigenvalue weighted by Gasteiger charge is 2.34. The van der Waals surface area contributed by atoms with Crippen molar-refractivity contribution in [3.05, 3.63) is 22.4 Å². The fourth-order valence-corrected chi connectivity index (χ4v) is 4.53. The predicted molar refractivity (Wildman–Crippen MR) is 90.9 cm³/mol. The van der Waals surface area contributed by atoms with Gasteiger partial charge in [-0.25, -0.2) is 0 Å². The van der Waals surface area contributed by atoms with Crippen LogP contribution >= 0.6 is 23.1 Å². The van der Waals surface area contributed by atoms with Crippen molar-refractivity contribution >= 4 is 34.9 Å². The van der Waals surface area contributed by atoms with Gasteiger partial charge in [0.25, 0.3) is 0 Å². The number of nitrogens with one attached hydrogen (secondary N) is 1. The zero-order valence-corrected chi connectivity index (χ0v) is 14.3. The second-order valence-electron chi connectivity index (χ2n) is 6.00. The highest BCUT2D eigenvalue weighted by molar-refractivity contribution is 7.99. The van der Waals surface area contributed by atoms with Crippen LogP contribution in [-0.4, -0.2) is 40.9 Å². The first-order valence-electron chi connectivity index (χ1n) is 7.91. The summed E-state index contributed by atoms with van der Waals surface area (Å²) in [5.41, 5.74) is 0. The van der Waals surface area contributed by atoms with Crippen molar-refractivity contribution in [3.8, 4) is 0 Å². The number of amides is 2. The van der Waals surface area contributed by atoms with Crippen molar-refractivity contribution < 1.29 is 9.59 Å². The predicted octanol–water partition coefficient (Wildman–Crippen LogP) is 2.50. The van der Waals surface area contributed by atoms with Gasteiger partial charge >= 0.3 is 0 Å². The highest BCUT2D eigenvalue weighted by Crippen LogP contribution is 2.28. The van der Waals surface area contributed by atoms with Gasteiger partial charge in [0, 0.05) is 23.6 Å². The number of thiophene rings is 1. The van der Waals surface area contributed by atoms with Gasteiger partial charge in [0.15, 0.2) is 0 Å². The van der Waals surface area contributed by atoms with Crippen molar-refractivity contribution in [2.75, 3.05) is 18.2 Å². The topological polar surface area (TPSA) is 49.4 Å². The minimum Gasteiger partial charge on any atom is -0.354 e. The first kappa shape index (κ1) is 15.9. The summed E-state index contributed by atoms with van der Waals surface area (Å²) in [6.07, 6.45) is 4.79. The van der Waals surface area contributed by atoms with Gasteiger partial charge in [0.1, 0.15) is 6.04 Å². The fraction of sp³-hybridized carbons (Fsp3) is 0.625. The second-order valence-corrected chi connectivity index (χ2v) is 8.03. The van der Waals surface area contributed by atoms with E-state index < -0.39 is 0 Å². The lowest BCUT2D eigenvalue weighted by Crippen LogP contribution is -2.47. The lowest BCUT2D eigenvalue weighted by Gasteiger charge is -2.23. The van der Waals surface area contributed by atoms with Crippen LogP contribution in [0.3, 0.4) is 0 Å². The summed E-state index contributed by atoms with van der Waals surface area (Å²) >= 11 is 3.41. The molecule has 2 fully saturated rings. The average molecular weight is 338 g/mol. The van der Waals surface area contributed by atoms with Crippen LogP contribution in [0.5, 0.6) is 0 Å². The third-order valence-corrected chi connectivity index (χ3v) is 6.11. The number of rotatable bonds is 7. The first-order chi connectivity index (χ1) is 10.7. The molecule has 1 N–H and O–H groups in total. The molecule has 1 saturated carbocycles. The molecule has 6 heteroatoms. The molecule has 1 atom stereocenters. The normalized spacial score (nSPS) is 21.1. The van der Waals surface area contributed by atoms with Crippen molar-refractivity contribution in [3.63, 3.8) is 0 Å². The molecule has 0 spiro atoms. The Balaban J connectivity index is 1.44. The molecule has 0 bridgehead atoms. The van der Waals surface area contributed by atoms with Crippen LogP contribution in [0.15, 0.2) is 17.5 Å². The van der Waals surface area contributed by atoms with E-state index in [0.29, 0.717) is 18.2 Å². The maximum absolute atomic E-state index is 12.4. The minimum absolute atomic E-state index is 0.0310. The lowest BCUT2D eigenvalue weighted by atomic mass is 10.2. The van der Waals surface area contributed by atoms with Crippen LogP contribution in [0.1, 0.15) is 30.6 Å². The Hall–Kier alpha value is -1.01. The van der Waals surface area contributed by atoms with Crippen molar-refractivity contribution in [1.82, 2.24) is 10.2 Å². The largest absolute Gasteiger partial charge is 0.354 e. The smallest absolute Gasteiger partial charge is 0.243 e. The summed E-state index contributed by atoms with van der Waals surface area (Å²) in [6, 6.07) is 3.88. The van der Waals surface area contributed by atoms with E-state index in [1.165, 1.54) is 17.7 Å². The maximum atomic E-state index is 12.4. The van der Waals surface area contributed by atoms with Gasteiger partial charge in [-0.1, -0.05) is 6.07 Å². The Bertz CT molecular complexity index is 514. The SMILES string of the molecule is O=C(NCC1CC1)[C@@H]1CSCN1C(=O)CCCc1cccs1. The van der Waals surface area contributed by atoms with E-state index in [4.69, 9.17) is 0 Å². The summed E-state index contributed by atoms with van der Waals surface area (Å²) in [7, 11) is 0. The van der Waals surface area contributed by atoms with Crippen molar-refractivity contribution in [2.45, 2.75) is 38.1 Å². The van der Waals surface area contributed by atoms with E-state index in [2.05, 4.69) is 16.8 Å². The van der Waals surface area contributed by atoms with Gasteiger partial charge in [-0.3, -0.25) is 9.59 Å². The van der Waals surface area contributed by atoms with E-state index in [0.717, 1.165) is 25.1 Å². The van der Waals surface area contributed by atoms with Crippen LogP contribution in [0, 0.1) is 5.92 Å². The molecule has 1 aliphatic carbocycles. The lowest BCUT2D eigenvalue weighted by molar-refractivity contribution is -0.138. The van der Waals surface area contributed by atoms with Gasteiger partial charge in [-0.05, 0) is 43.0 Å². The molecule has 1 aliphatic heterocycles. The van der Waals surface area contributed by atoms with Crippen LogP contribution in [0.2, 0.25) is 0 Å². The average Bonchev–Trinajstić information content (AvgIpc) is 3.01. The van der Waals surface area contributed by atoms with Crippen LogP contribution in [0.4, 0.5) is 0 Å². The van der Waals surface area contributed by atoms with Gasteiger partial charge in [-0.15, -0.1) is 23.1 Å². The number of thioether (sulfide) groups is 1. The zero-order chi connectivity index (χ0) is 15.4. The maximum Gasteiger partial charge on any atom is 0.243 e. The molecule has 4 nitrogen and oxygen atoms in total. The molecule has 1 aromatic rings. The third kappa shape index (κ3) is 4.26. The third-order valence-electron chi connectivity index (χ3n) is 4.16. The molecule has 0 unspecified atom stereocenters. The molecule has 120 valence electrons. The standard InChI is InChI=1S/C16H22N2O2S2/c19-15(5-1-3-13-4-2-8-22-13)18-11-21-10-14(18)16(20)17-9-12-6-7-12/h2,4,8,12,14H,1,3,5-7,9-11H2,(H,17,20)/t14-/m0/s1. The Kier molecular flexibility index (Phi) is 5.41. The summed E-state index contributed by atoms with van der Waals surface area (Å²) in [5.74, 6) is 2.21. The molecule has 2 amide bonds. The van der Waals surface area contributed by atoms with Gasteiger partial charge in [0.05, 0.1) is 5.88 Å². The summed E-state index contributed by atoms with van der Waals surface area (Å²) in [5, 5.41) is 5.07. The van der Waals surface area contributed by atoms with Crippen molar-refractivity contribution in [2.24, 2.45) is 5.92 Å². The Morgan fingerprint density at radius 3 is 2.95 bits per heavy atom. The summed E-state index contributed by atoms with van der Waals surface area (Å²) in [4.78, 5) is 27.7. The molecule has 1 aromatic heterocycles. The van der Waals surface area contributed by atoms with E-state index >= 15 is 0 Å². The molecule has 1 saturated heterocycles. The monoisotopic (exact) mass is 338 g/mol. The van der Waals surface area contributed by atoms with E-state index in [-0.39, 0.29) is 17.9 Å². The Labute approximate surface area is 139 Å². The number of aryl methyl sites for hydroxylation is 1. The number of hydrogen-bond donors (Lipinski definition) is 1. The van der Waals surface area contributed by atoms with E-state index in [9.17, 15) is 9.59 Å². The zero-order valence-electron chi connectivity index (χ0n) is 12.6. The van der Waals surface area contributed by atoms with Gasteiger partial charge in [0.2, 0.25) is 11.8 Å². The van der Waals surface area contributed by atoms with E-state index in [1.807, 2.05) is 6.07 Å². The quantitative estimate of drug-likeness (QED) is 0.831. The van der Waals surface area contributed by atoms with Crippen LogP contribution in [0.25, 0.3) is 0 Å². The van der Waals surface area contributed by atoms with Crippen LogP contribution < -0.4 is 5.32 Å². The summed E-state index contributed by atoms with van der Waals surface area (Å²) < 4.78 is 0. The molecular formula is C16H22N2O2S2. The number of nitrogens with zero attached hydrogens (tertiary/aromatic N) is 1. The summed E-state index contributed by atoms with van der Waals surface area (Å²) in [6.45, 7) is 0.778. The molecule has 3 rings (SSSR count). The van der Waals surface area contributed by atoms with Crippen LogP contribution in [-0.2, 0) is 16.0 Å². The molecular weight excluding hydrogens is 316 g/mol. The first-order valence-corrected chi connectivity index (χ1v) is 9.95. The number of carbonyl (C=O) groups excluding carboxylic acids is 2. The molecule has 22 heavy (non-hydrogen) atoms. The highest BCUT2D eigenvalue weighted by atomic mass is 32.2. The van der Waals surface area contributed by atoms with Crippen molar-refractivity contribution in [1.29, 1.82) is 0 Å². The van der Waals surface area contributed by atoms with Gasteiger partial charge < -0.3 is 10.2 Å². The molecule has 2 aliphatic rings. The molecule has 0 radical (unpaired) electrons. The number of carbonyl (C=O) groups is 2. The van der Waals surface area contributed by atoms with Gasteiger partial charge in [-0.2, -0.15) is 0 Å². The second kappa shape index (κ2) is 7.51. The number of hydrogen-bond acceptors (Lipinski definition) is 4. The minimum atomic E-state index is -0.266. The Morgan fingerprint density at radius 1 is 1.36 bits per heavy atom.